The van der Waals surface area contributed by atoms with Gasteiger partial charge in [-0.05, 0) is 80.8 Å². The van der Waals surface area contributed by atoms with Gasteiger partial charge in [0.05, 0.1) is 5.02 Å². The van der Waals surface area contributed by atoms with E-state index in [-0.39, 0.29) is 5.76 Å². The minimum Gasteiger partial charge on any atom is -0.457 e. The smallest absolute Gasteiger partial charge is 0.260 e. The van der Waals surface area contributed by atoms with Gasteiger partial charge < -0.3 is 10.5 Å². The maximum atomic E-state index is 12.8. The Morgan fingerprint density at radius 2 is 1.76 bits per heavy atom. The Morgan fingerprint density at radius 1 is 1.13 bits per heavy atom. The van der Waals surface area contributed by atoms with Gasteiger partial charge in [0.2, 0.25) is 0 Å². The lowest BCUT2D eigenvalue weighted by Crippen LogP contribution is -2.08. The maximum Gasteiger partial charge on any atom is 0.260 e. The summed E-state index contributed by atoms with van der Waals surface area (Å²) >= 11 is 5.95. The van der Waals surface area contributed by atoms with Crippen molar-refractivity contribution in [2.24, 2.45) is 11.7 Å². The van der Waals surface area contributed by atoms with Crippen LogP contribution in [0.4, 0.5) is 4.39 Å². The minimum atomic E-state index is -1.45. The van der Waals surface area contributed by atoms with Gasteiger partial charge in [0, 0.05) is 17.8 Å². The fourth-order valence-electron chi connectivity index (χ4n) is 3.30. The number of hydrogen-bond donors (Lipinski definition) is 1. The summed E-state index contributed by atoms with van der Waals surface area (Å²) < 4.78 is 17.5. The van der Waals surface area contributed by atoms with Gasteiger partial charge in [-0.25, -0.2) is 0 Å². The van der Waals surface area contributed by atoms with Crippen molar-refractivity contribution < 1.29 is 9.13 Å². The van der Waals surface area contributed by atoms with Crippen LogP contribution in [0, 0.1) is 5.92 Å². The summed E-state index contributed by atoms with van der Waals surface area (Å²) in [6.07, 6.45) is 9.20. The summed E-state index contributed by atoms with van der Waals surface area (Å²) in [5, 5.41) is 0.686. The van der Waals surface area contributed by atoms with E-state index in [2.05, 4.69) is 79.7 Å². The van der Waals surface area contributed by atoms with Crippen LogP contribution < -0.4 is 5.73 Å². The van der Waals surface area contributed by atoms with Crippen molar-refractivity contribution in [1.29, 1.82) is 0 Å². The molecule has 3 nitrogen and oxygen atoms in total. The number of nitrogens with two attached hydrogens (primary N) is 1. The molecule has 1 aromatic carbocycles. The molecule has 0 bridgehead atoms. The van der Waals surface area contributed by atoms with Gasteiger partial charge in [-0.2, -0.15) is 4.39 Å². The van der Waals surface area contributed by atoms with E-state index in [1.165, 1.54) is 30.1 Å². The van der Waals surface area contributed by atoms with Crippen molar-refractivity contribution in [2.45, 2.75) is 79.0 Å². The molecule has 0 amide bonds. The number of hydrogen-bond acceptors (Lipinski definition) is 3. The normalized spacial score (nSPS) is 13.6. The lowest BCUT2D eigenvalue weighted by molar-refractivity contribution is 0.0420. The molecular formula is C33H48ClFN2O. The molecule has 5 heteroatoms. The molecule has 0 aliphatic heterocycles. The Labute approximate surface area is 236 Å². The predicted octanol–water partition coefficient (Wildman–Crippen LogP) is 9.76. The van der Waals surface area contributed by atoms with Crippen molar-refractivity contribution in [3.05, 3.63) is 114 Å². The molecule has 3 rings (SSSR count). The van der Waals surface area contributed by atoms with Gasteiger partial charge in [0.15, 0.2) is 0 Å². The molecule has 1 aliphatic rings. The zero-order valence-electron chi connectivity index (χ0n) is 24.1. The molecule has 1 unspecified atom stereocenters. The third-order valence-electron chi connectivity index (χ3n) is 5.90. The van der Waals surface area contributed by atoms with Gasteiger partial charge in [-0.1, -0.05) is 101 Å². The fraction of sp³-hybridized carbons (Fsp3) is 0.424. The van der Waals surface area contributed by atoms with E-state index in [1.807, 2.05) is 32.9 Å². The number of benzene rings is 1. The third kappa shape index (κ3) is 14.9. The SMILES string of the molecule is C/C=C(\CC)[C@@H](Cc1ccccc1)c1ccc(Cl)cn1.C=CC(=C)OC(F)C(=C)CC.CC.NCC1CC1. The molecule has 2 aromatic rings. The second-order valence-electron chi connectivity index (χ2n) is 8.66. The van der Waals surface area contributed by atoms with E-state index in [0.29, 0.717) is 22.9 Å². The average Bonchev–Trinajstić information content (AvgIpc) is 3.80. The molecular weight excluding hydrogens is 495 g/mol. The van der Waals surface area contributed by atoms with Crippen molar-refractivity contribution in [2.75, 3.05) is 6.54 Å². The van der Waals surface area contributed by atoms with Crippen LogP contribution in [-0.4, -0.2) is 17.9 Å². The van der Waals surface area contributed by atoms with E-state index in [4.69, 9.17) is 17.3 Å². The second kappa shape index (κ2) is 21.3. The van der Waals surface area contributed by atoms with Crippen LogP contribution in [0.2, 0.25) is 5.02 Å². The Morgan fingerprint density at radius 3 is 2.16 bits per heavy atom. The van der Waals surface area contributed by atoms with Crippen LogP contribution in [-0.2, 0) is 11.2 Å². The Balaban J connectivity index is 0.000000635. The quantitative estimate of drug-likeness (QED) is 0.174. The third-order valence-corrected chi connectivity index (χ3v) is 6.13. The first-order valence-corrected chi connectivity index (χ1v) is 14.0. The van der Waals surface area contributed by atoms with Gasteiger partial charge >= 0.3 is 0 Å². The molecule has 1 fully saturated rings. The summed E-state index contributed by atoms with van der Waals surface area (Å²) in [5.74, 6) is 1.46. The molecule has 210 valence electrons. The van der Waals surface area contributed by atoms with Gasteiger partial charge in [-0.15, -0.1) is 0 Å². The zero-order chi connectivity index (χ0) is 28.9. The predicted molar refractivity (Wildman–Crippen MR) is 164 cm³/mol. The first-order valence-electron chi connectivity index (χ1n) is 13.6. The van der Waals surface area contributed by atoms with E-state index >= 15 is 0 Å². The van der Waals surface area contributed by atoms with Crippen molar-refractivity contribution in [3.63, 3.8) is 0 Å². The Kier molecular flexibility index (Phi) is 19.8. The number of ether oxygens (including phenoxy) is 1. The largest absolute Gasteiger partial charge is 0.457 e. The summed E-state index contributed by atoms with van der Waals surface area (Å²) in [6, 6.07) is 14.5. The average molecular weight is 543 g/mol. The highest BCUT2D eigenvalue weighted by Gasteiger charge is 2.18. The number of nitrogens with zero attached hydrogens (tertiary/aromatic N) is 1. The van der Waals surface area contributed by atoms with Crippen molar-refractivity contribution >= 4 is 11.6 Å². The molecule has 38 heavy (non-hydrogen) atoms. The van der Waals surface area contributed by atoms with Crippen LogP contribution in [0.15, 0.2) is 97.5 Å². The van der Waals surface area contributed by atoms with E-state index in [9.17, 15) is 4.39 Å². The number of rotatable bonds is 11. The topological polar surface area (TPSA) is 48.1 Å². The summed E-state index contributed by atoms with van der Waals surface area (Å²) in [5.41, 5.74) is 9.49. The first kappa shape index (κ1) is 35.3. The van der Waals surface area contributed by atoms with Crippen LogP contribution in [0.25, 0.3) is 0 Å². The molecule has 1 aliphatic carbocycles. The highest BCUT2D eigenvalue weighted by Crippen LogP contribution is 2.29. The zero-order valence-corrected chi connectivity index (χ0v) is 24.8. The number of alkyl halides is 1. The van der Waals surface area contributed by atoms with Crippen LogP contribution in [0.1, 0.15) is 77.5 Å². The highest BCUT2D eigenvalue weighted by atomic mass is 35.5. The molecule has 0 saturated heterocycles. The lowest BCUT2D eigenvalue weighted by atomic mass is 9.87. The van der Waals surface area contributed by atoms with E-state index in [1.54, 1.807) is 6.20 Å². The lowest BCUT2D eigenvalue weighted by Gasteiger charge is -2.19. The maximum absolute atomic E-state index is 12.8. The molecule has 1 heterocycles. The van der Waals surface area contributed by atoms with Gasteiger partial charge in [-0.3, -0.25) is 4.98 Å². The molecule has 0 radical (unpaired) electrons. The van der Waals surface area contributed by atoms with Crippen molar-refractivity contribution in [1.82, 2.24) is 4.98 Å². The van der Waals surface area contributed by atoms with Crippen LogP contribution in [0.3, 0.4) is 0 Å². The molecule has 1 saturated carbocycles. The van der Waals surface area contributed by atoms with E-state index < -0.39 is 6.36 Å². The van der Waals surface area contributed by atoms with Gasteiger partial charge in [0.25, 0.3) is 6.36 Å². The Bertz CT molecular complexity index is 953. The molecule has 2 atom stereocenters. The van der Waals surface area contributed by atoms with E-state index in [0.717, 1.165) is 31.0 Å². The fourth-order valence-corrected chi connectivity index (χ4v) is 3.41. The summed E-state index contributed by atoms with van der Waals surface area (Å²) in [6.45, 7) is 21.3. The number of halogens is 2. The summed E-state index contributed by atoms with van der Waals surface area (Å²) in [4.78, 5) is 4.52. The molecule has 1 aromatic heterocycles. The summed E-state index contributed by atoms with van der Waals surface area (Å²) in [7, 11) is 0. The number of aromatic nitrogens is 1. The monoisotopic (exact) mass is 542 g/mol. The minimum absolute atomic E-state index is 0.229. The Hall–Kier alpha value is -2.69. The van der Waals surface area contributed by atoms with Crippen LogP contribution in [0.5, 0.6) is 0 Å². The highest BCUT2D eigenvalue weighted by molar-refractivity contribution is 6.30. The number of allylic oxidation sites excluding steroid dienone is 3. The van der Waals surface area contributed by atoms with Crippen molar-refractivity contribution in [3.8, 4) is 0 Å². The molecule has 0 spiro atoms. The van der Waals surface area contributed by atoms with Crippen LogP contribution >= 0.6 is 11.6 Å². The second-order valence-corrected chi connectivity index (χ2v) is 9.09. The molecule has 2 N–H and O–H groups in total. The van der Waals surface area contributed by atoms with Gasteiger partial charge in [0.1, 0.15) is 5.76 Å². The number of pyridine rings is 1. The first-order chi connectivity index (χ1) is 18.3. The standard InChI is InChI=1S/C18H20ClN.C9H13FO.C4H9N.C2H6/c1-3-15(4-2)17(12-14-8-6-5-7-9-14)18-11-10-16(19)13-20-18;1-5-7(3)9(10)11-8(4)6-2;5-3-4-1-2-4;1-2/h3,5-11,13,17H,4,12H2,1-2H3;6,9H,2-5H2,1H3;4H,1-3,5H2;1-2H3/b15-3+;;;/t17-;;;/m1.../s1.